The lowest BCUT2D eigenvalue weighted by Gasteiger charge is -2.17. The van der Waals surface area contributed by atoms with Crippen LogP contribution in [-0.4, -0.2) is 35.0 Å². The van der Waals surface area contributed by atoms with Crippen LogP contribution < -0.4 is 5.73 Å². The Balaban J connectivity index is 1.80. The Morgan fingerprint density at radius 1 is 1.35 bits per heavy atom. The van der Waals surface area contributed by atoms with Gasteiger partial charge >= 0.3 is 5.97 Å². The van der Waals surface area contributed by atoms with E-state index in [4.69, 9.17) is 10.8 Å². The second-order valence-corrected chi connectivity index (χ2v) is 5.22. The molecule has 5 nitrogen and oxygen atoms in total. The number of carboxylic acid groups (broad SMARTS) is 1. The summed E-state index contributed by atoms with van der Waals surface area (Å²) < 4.78 is 0. The highest BCUT2D eigenvalue weighted by atomic mass is 16.4. The number of rotatable bonds is 5. The minimum atomic E-state index is -0.818. The van der Waals surface area contributed by atoms with E-state index in [-0.39, 0.29) is 11.9 Å². The van der Waals surface area contributed by atoms with Gasteiger partial charge in [-0.05, 0) is 18.4 Å². The SMILES string of the molecule is NC(CCC(=O)N1CCC(C(=O)O)C1)c1ccccc1. The van der Waals surface area contributed by atoms with Crippen molar-refractivity contribution >= 4 is 11.9 Å². The predicted octanol–water partition coefficient (Wildman–Crippen LogP) is 1.40. The van der Waals surface area contributed by atoms with Gasteiger partial charge in [-0.25, -0.2) is 0 Å². The highest BCUT2D eigenvalue weighted by Crippen LogP contribution is 2.20. The van der Waals surface area contributed by atoms with E-state index in [1.54, 1.807) is 4.90 Å². The summed E-state index contributed by atoms with van der Waals surface area (Å²) in [4.78, 5) is 24.5. The number of amides is 1. The third-order valence-corrected chi connectivity index (χ3v) is 3.79. The fraction of sp³-hybridized carbons (Fsp3) is 0.467. The summed E-state index contributed by atoms with van der Waals surface area (Å²) in [6, 6.07) is 9.52. The van der Waals surface area contributed by atoms with Gasteiger partial charge in [-0.1, -0.05) is 30.3 Å². The molecule has 0 aromatic heterocycles. The maximum Gasteiger partial charge on any atom is 0.308 e. The Morgan fingerprint density at radius 3 is 2.65 bits per heavy atom. The lowest BCUT2D eigenvalue weighted by molar-refractivity contribution is -0.141. The van der Waals surface area contributed by atoms with Gasteiger partial charge in [0.1, 0.15) is 0 Å². The Kier molecular flexibility index (Phi) is 4.74. The summed E-state index contributed by atoms with van der Waals surface area (Å²) in [6.07, 6.45) is 1.49. The van der Waals surface area contributed by atoms with E-state index in [2.05, 4.69) is 0 Å². The Bertz CT molecular complexity index is 475. The molecule has 1 aliphatic rings. The van der Waals surface area contributed by atoms with Crippen LogP contribution >= 0.6 is 0 Å². The lowest BCUT2D eigenvalue weighted by Crippen LogP contribution is -2.30. The van der Waals surface area contributed by atoms with E-state index in [1.807, 2.05) is 30.3 Å². The molecule has 2 unspecified atom stereocenters. The second-order valence-electron chi connectivity index (χ2n) is 5.22. The Labute approximate surface area is 118 Å². The molecule has 0 aliphatic carbocycles. The first kappa shape index (κ1) is 14.5. The molecule has 0 bridgehead atoms. The average Bonchev–Trinajstić information content (AvgIpc) is 2.95. The highest BCUT2D eigenvalue weighted by molar-refractivity contribution is 5.78. The summed E-state index contributed by atoms with van der Waals surface area (Å²) >= 11 is 0. The van der Waals surface area contributed by atoms with Crippen LogP contribution in [0.1, 0.15) is 30.9 Å². The molecule has 1 heterocycles. The molecule has 1 aromatic carbocycles. The summed E-state index contributed by atoms with van der Waals surface area (Å²) in [5, 5.41) is 8.92. The van der Waals surface area contributed by atoms with Crippen molar-refractivity contribution in [2.45, 2.75) is 25.3 Å². The third-order valence-electron chi connectivity index (χ3n) is 3.79. The van der Waals surface area contributed by atoms with Crippen LogP contribution in [0.25, 0.3) is 0 Å². The summed E-state index contributed by atoms with van der Waals surface area (Å²) in [6.45, 7) is 0.866. The van der Waals surface area contributed by atoms with Gasteiger partial charge in [0.05, 0.1) is 5.92 Å². The van der Waals surface area contributed by atoms with Gasteiger partial charge in [-0.2, -0.15) is 0 Å². The molecule has 1 amide bonds. The predicted molar refractivity (Wildman–Crippen MR) is 74.9 cm³/mol. The van der Waals surface area contributed by atoms with Gasteiger partial charge in [-0.15, -0.1) is 0 Å². The van der Waals surface area contributed by atoms with Crippen LogP contribution in [0.4, 0.5) is 0 Å². The van der Waals surface area contributed by atoms with Gasteiger partial charge in [-0.3, -0.25) is 9.59 Å². The number of likely N-dealkylation sites (tertiary alicyclic amines) is 1. The van der Waals surface area contributed by atoms with Crippen LogP contribution in [0.3, 0.4) is 0 Å². The van der Waals surface area contributed by atoms with Crippen molar-refractivity contribution in [1.82, 2.24) is 4.90 Å². The number of carbonyl (C=O) groups excluding carboxylic acids is 1. The largest absolute Gasteiger partial charge is 0.481 e. The molecule has 1 aliphatic heterocycles. The third kappa shape index (κ3) is 3.57. The topological polar surface area (TPSA) is 83.6 Å². The summed E-state index contributed by atoms with van der Waals surface area (Å²) in [7, 11) is 0. The monoisotopic (exact) mass is 276 g/mol. The molecule has 108 valence electrons. The Hall–Kier alpha value is -1.88. The minimum Gasteiger partial charge on any atom is -0.481 e. The van der Waals surface area contributed by atoms with Crippen molar-refractivity contribution in [2.24, 2.45) is 11.7 Å². The van der Waals surface area contributed by atoms with E-state index in [1.165, 1.54) is 0 Å². The molecule has 2 rings (SSSR count). The number of nitrogens with zero attached hydrogens (tertiary/aromatic N) is 1. The Morgan fingerprint density at radius 2 is 2.05 bits per heavy atom. The first-order chi connectivity index (χ1) is 9.58. The van der Waals surface area contributed by atoms with E-state index in [9.17, 15) is 9.59 Å². The molecule has 1 saturated heterocycles. The van der Waals surface area contributed by atoms with Crippen molar-refractivity contribution in [3.05, 3.63) is 35.9 Å². The number of carboxylic acids is 1. The molecule has 0 spiro atoms. The standard InChI is InChI=1S/C15H20N2O3/c16-13(11-4-2-1-3-5-11)6-7-14(18)17-9-8-12(10-17)15(19)20/h1-5,12-13H,6-10,16H2,(H,19,20). The van der Waals surface area contributed by atoms with Crippen LogP contribution in [0, 0.1) is 5.92 Å². The molecule has 3 N–H and O–H groups in total. The van der Waals surface area contributed by atoms with Gasteiger partial charge in [0, 0.05) is 25.6 Å². The number of aliphatic carboxylic acids is 1. The fourth-order valence-electron chi connectivity index (χ4n) is 2.49. The van der Waals surface area contributed by atoms with Crippen LogP contribution in [0.5, 0.6) is 0 Å². The zero-order valence-electron chi connectivity index (χ0n) is 11.4. The average molecular weight is 276 g/mol. The number of hydrogen-bond donors (Lipinski definition) is 2. The maximum atomic E-state index is 12.0. The molecular weight excluding hydrogens is 256 g/mol. The van der Waals surface area contributed by atoms with Crippen molar-refractivity contribution in [1.29, 1.82) is 0 Å². The zero-order valence-corrected chi connectivity index (χ0v) is 11.4. The van der Waals surface area contributed by atoms with E-state index in [0.29, 0.717) is 32.4 Å². The molecule has 1 fully saturated rings. The quantitative estimate of drug-likeness (QED) is 0.851. The highest BCUT2D eigenvalue weighted by Gasteiger charge is 2.30. The smallest absolute Gasteiger partial charge is 0.308 e. The van der Waals surface area contributed by atoms with E-state index in [0.717, 1.165) is 5.56 Å². The molecule has 20 heavy (non-hydrogen) atoms. The van der Waals surface area contributed by atoms with E-state index >= 15 is 0 Å². The molecule has 2 atom stereocenters. The van der Waals surface area contributed by atoms with Crippen LogP contribution in [0.2, 0.25) is 0 Å². The summed E-state index contributed by atoms with van der Waals surface area (Å²) in [5.74, 6) is -1.23. The van der Waals surface area contributed by atoms with Crippen molar-refractivity contribution in [3.63, 3.8) is 0 Å². The van der Waals surface area contributed by atoms with Crippen molar-refractivity contribution < 1.29 is 14.7 Å². The van der Waals surface area contributed by atoms with Gasteiger partial charge in [0.15, 0.2) is 0 Å². The van der Waals surface area contributed by atoms with Crippen LogP contribution in [0.15, 0.2) is 30.3 Å². The zero-order chi connectivity index (χ0) is 14.5. The fourth-order valence-corrected chi connectivity index (χ4v) is 2.49. The number of hydrogen-bond acceptors (Lipinski definition) is 3. The summed E-state index contributed by atoms with van der Waals surface area (Å²) in [5.41, 5.74) is 7.07. The first-order valence-corrected chi connectivity index (χ1v) is 6.89. The molecule has 0 radical (unpaired) electrons. The molecule has 0 saturated carbocycles. The van der Waals surface area contributed by atoms with E-state index < -0.39 is 11.9 Å². The maximum absolute atomic E-state index is 12.0. The van der Waals surface area contributed by atoms with Crippen LogP contribution in [-0.2, 0) is 9.59 Å². The minimum absolute atomic E-state index is 0.000121. The van der Waals surface area contributed by atoms with Gasteiger partial charge in [0.25, 0.3) is 0 Å². The lowest BCUT2D eigenvalue weighted by atomic mass is 10.0. The normalized spacial score (nSPS) is 19.9. The molecular formula is C15H20N2O3. The molecule has 1 aromatic rings. The molecule has 5 heteroatoms. The number of benzene rings is 1. The van der Waals surface area contributed by atoms with Crippen molar-refractivity contribution in [3.8, 4) is 0 Å². The second kappa shape index (κ2) is 6.52. The van der Waals surface area contributed by atoms with Crippen molar-refractivity contribution in [2.75, 3.05) is 13.1 Å². The van der Waals surface area contributed by atoms with Gasteiger partial charge in [0.2, 0.25) is 5.91 Å². The van der Waals surface area contributed by atoms with Gasteiger partial charge < -0.3 is 15.7 Å². The first-order valence-electron chi connectivity index (χ1n) is 6.89. The number of carbonyl (C=O) groups is 2. The number of nitrogens with two attached hydrogens (primary N) is 1.